The van der Waals surface area contributed by atoms with Gasteiger partial charge in [-0.25, -0.2) is 0 Å². The Hall–Kier alpha value is -0.630. The van der Waals surface area contributed by atoms with Gasteiger partial charge in [0, 0.05) is 5.56 Å². The van der Waals surface area contributed by atoms with Gasteiger partial charge in [0.1, 0.15) is 0 Å². The van der Waals surface area contributed by atoms with E-state index in [2.05, 4.69) is 0 Å². The fraction of sp³-hybridized carbons (Fsp3) is 0.250. The Labute approximate surface area is 68.8 Å². The van der Waals surface area contributed by atoms with E-state index in [-0.39, 0.29) is 5.56 Å². The first-order valence-corrected chi connectivity index (χ1v) is 3.69. The molecule has 0 aliphatic rings. The molecule has 0 bridgehead atoms. The van der Waals surface area contributed by atoms with Crippen LogP contribution in [0.3, 0.4) is 0 Å². The van der Waals surface area contributed by atoms with Gasteiger partial charge in [0.05, 0.1) is 5.88 Å². The fourth-order valence-corrected chi connectivity index (χ4v) is 0.913. The van der Waals surface area contributed by atoms with E-state index in [0.29, 0.717) is 0 Å². The molecule has 0 amide bonds. The normalized spacial score (nSPS) is 11.5. The third kappa shape index (κ3) is 1.90. The predicted octanol–water partition coefficient (Wildman–Crippen LogP) is 3.02. The van der Waals surface area contributed by atoms with Crippen LogP contribution in [0.25, 0.3) is 0 Å². The van der Waals surface area contributed by atoms with E-state index in [1.165, 1.54) is 12.1 Å². The van der Waals surface area contributed by atoms with Crippen LogP contribution in [0.4, 0.5) is 8.78 Å². The van der Waals surface area contributed by atoms with Crippen molar-refractivity contribution in [2.75, 3.05) is 5.88 Å². The van der Waals surface area contributed by atoms with Gasteiger partial charge in [-0.2, -0.15) is 8.78 Å². The third-order valence-electron chi connectivity index (χ3n) is 1.36. The summed E-state index contributed by atoms with van der Waals surface area (Å²) in [5.74, 6) is -3.57. The van der Waals surface area contributed by atoms with E-state index in [1.54, 1.807) is 18.2 Å². The second-order valence-corrected chi connectivity index (χ2v) is 2.47. The van der Waals surface area contributed by atoms with Crippen molar-refractivity contribution in [2.24, 2.45) is 0 Å². The standard InChI is InChI=1S/C8H7ClF2/c9-6-8(10,11)7-4-2-1-3-5-7/h1-5H,6H2. The predicted molar refractivity (Wildman–Crippen MR) is 41.1 cm³/mol. The summed E-state index contributed by atoms with van der Waals surface area (Å²) in [6.07, 6.45) is 0. The van der Waals surface area contributed by atoms with Crippen molar-refractivity contribution < 1.29 is 8.78 Å². The lowest BCUT2D eigenvalue weighted by Gasteiger charge is -2.11. The topological polar surface area (TPSA) is 0 Å². The lowest BCUT2D eigenvalue weighted by Crippen LogP contribution is -2.14. The smallest absolute Gasteiger partial charge is 0.200 e. The molecule has 0 atom stereocenters. The van der Waals surface area contributed by atoms with Gasteiger partial charge < -0.3 is 0 Å². The van der Waals surface area contributed by atoms with Gasteiger partial charge in [-0.15, -0.1) is 11.6 Å². The van der Waals surface area contributed by atoms with Gasteiger partial charge in [0.15, 0.2) is 0 Å². The van der Waals surface area contributed by atoms with Crippen LogP contribution < -0.4 is 0 Å². The lowest BCUT2D eigenvalue weighted by molar-refractivity contribution is 0.0216. The van der Waals surface area contributed by atoms with Gasteiger partial charge in [-0.3, -0.25) is 0 Å². The minimum Gasteiger partial charge on any atom is -0.200 e. The molecule has 11 heavy (non-hydrogen) atoms. The zero-order chi connectivity index (χ0) is 8.32. The van der Waals surface area contributed by atoms with E-state index >= 15 is 0 Å². The number of alkyl halides is 3. The van der Waals surface area contributed by atoms with Gasteiger partial charge in [0.2, 0.25) is 0 Å². The zero-order valence-electron chi connectivity index (χ0n) is 5.73. The second kappa shape index (κ2) is 3.18. The van der Waals surface area contributed by atoms with Crippen molar-refractivity contribution >= 4 is 11.6 Å². The molecule has 0 aromatic heterocycles. The van der Waals surface area contributed by atoms with Crippen molar-refractivity contribution in [3.05, 3.63) is 35.9 Å². The molecular weight excluding hydrogens is 170 g/mol. The largest absolute Gasteiger partial charge is 0.286 e. The first-order valence-electron chi connectivity index (χ1n) is 3.16. The Morgan fingerprint density at radius 1 is 1.18 bits per heavy atom. The van der Waals surface area contributed by atoms with Crippen molar-refractivity contribution in [3.8, 4) is 0 Å². The summed E-state index contributed by atoms with van der Waals surface area (Å²) >= 11 is 5.08. The maximum atomic E-state index is 12.8. The molecule has 0 aliphatic carbocycles. The highest BCUT2D eigenvalue weighted by Crippen LogP contribution is 2.28. The molecule has 1 aromatic carbocycles. The van der Waals surface area contributed by atoms with Crippen LogP contribution in [0.1, 0.15) is 5.56 Å². The number of rotatable bonds is 2. The molecule has 0 N–H and O–H groups in total. The van der Waals surface area contributed by atoms with Crippen molar-refractivity contribution in [1.82, 2.24) is 0 Å². The summed E-state index contributed by atoms with van der Waals surface area (Å²) in [5.41, 5.74) is -0.0324. The van der Waals surface area contributed by atoms with Crippen LogP contribution in [0.2, 0.25) is 0 Å². The molecule has 0 unspecified atom stereocenters. The van der Waals surface area contributed by atoms with Crippen molar-refractivity contribution in [1.29, 1.82) is 0 Å². The highest BCUT2D eigenvalue weighted by Gasteiger charge is 2.29. The minimum absolute atomic E-state index is 0.0324. The highest BCUT2D eigenvalue weighted by atomic mass is 35.5. The van der Waals surface area contributed by atoms with Gasteiger partial charge in [-0.1, -0.05) is 30.3 Å². The molecule has 1 rings (SSSR count). The molecule has 0 spiro atoms. The summed E-state index contributed by atoms with van der Waals surface area (Å²) < 4.78 is 25.5. The Kier molecular flexibility index (Phi) is 2.45. The lowest BCUT2D eigenvalue weighted by atomic mass is 10.1. The monoisotopic (exact) mass is 176 g/mol. The molecule has 0 saturated carbocycles. The van der Waals surface area contributed by atoms with Crippen LogP contribution in [0.15, 0.2) is 30.3 Å². The van der Waals surface area contributed by atoms with E-state index in [4.69, 9.17) is 11.6 Å². The molecule has 0 fully saturated rings. The summed E-state index contributed by atoms with van der Waals surface area (Å²) in [7, 11) is 0. The molecule has 0 aliphatic heterocycles. The second-order valence-electron chi connectivity index (χ2n) is 2.20. The zero-order valence-corrected chi connectivity index (χ0v) is 6.48. The van der Waals surface area contributed by atoms with Crippen LogP contribution in [-0.4, -0.2) is 5.88 Å². The summed E-state index contributed by atoms with van der Waals surface area (Å²) in [6.45, 7) is 0. The Morgan fingerprint density at radius 3 is 2.18 bits per heavy atom. The fourth-order valence-electron chi connectivity index (χ4n) is 0.759. The van der Waals surface area contributed by atoms with Gasteiger partial charge in [-0.05, 0) is 0 Å². The van der Waals surface area contributed by atoms with E-state index in [1.807, 2.05) is 0 Å². The van der Waals surface area contributed by atoms with Crippen molar-refractivity contribution in [3.63, 3.8) is 0 Å². The molecule has 0 radical (unpaired) electrons. The first-order chi connectivity index (χ1) is 5.17. The van der Waals surface area contributed by atoms with E-state index in [0.717, 1.165) is 0 Å². The molecule has 0 nitrogen and oxygen atoms in total. The summed E-state index contributed by atoms with van der Waals surface area (Å²) in [4.78, 5) is 0. The SMILES string of the molecule is FC(F)(CCl)c1ccccc1. The van der Waals surface area contributed by atoms with E-state index in [9.17, 15) is 8.78 Å². The first kappa shape index (κ1) is 8.47. The van der Waals surface area contributed by atoms with Gasteiger partial charge in [0.25, 0.3) is 5.92 Å². The Morgan fingerprint density at radius 2 is 1.73 bits per heavy atom. The maximum Gasteiger partial charge on any atom is 0.286 e. The average molecular weight is 177 g/mol. The molecule has 3 heteroatoms. The van der Waals surface area contributed by atoms with Crippen molar-refractivity contribution in [2.45, 2.75) is 5.92 Å². The number of hydrogen-bond acceptors (Lipinski definition) is 0. The molecular formula is C8H7ClF2. The van der Waals surface area contributed by atoms with Crippen LogP contribution in [-0.2, 0) is 5.92 Å². The number of hydrogen-bond donors (Lipinski definition) is 0. The summed E-state index contributed by atoms with van der Waals surface area (Å²) in [5, 5.41) is 0. The minimum atomic E-state index is -2.90. The molecule has 0 heterocycles. The highest BCUT2D eigenvalue weighted by molar-refractivity contribution is 6.18. The van der Waals surface area contributed by atoms with E-state index < -0.39 is 11.8 Å². The van der Waals surface area contributed by atoms with Crippen LogP contribution in [0.5, 0.6) is 0 Å². The van der Waals surface area contributed by atoms with Gasteiger partial charge >= 0.3 is 0 Å². The van der Waals surface area contributed by atoms with Crippen LogP contribution in [0, 0.1) is 0 Å². The molecule has 1 aromatic rings. The number of benzene rings is 1. The third-order valence-corrected chi connectivity index (χ3v) is 1.70. The van der Waals surface area contributed by atoms with Crippen LogP contribution >= 0.6 is 11.6 Å². The average Bonchev–Trinajstić information content (AvgIpc) is 2.06. The maximum absolute atomic E-state index is 12.8. The Balaban J connectivity index is 2.93. The Bertz CT molecular complexity index is 221. The quantitative estimate of drug-likeness (QED) is 0.608. The molecule has 0 saturated heterocycles. The summed E-state index contributed by atoms with van der Waals surface area (Å²) in [6, 6.07) is 7.55. The number of halogens is 3. The molecule has 60 valence electrons.